The number of carboxylic acid groups (broad SMARTS) is 1. The highest BCUT2D eigenvalue weighted by molar-refractivity contribution is 5.72. The van der Waals surface area contributed by atoms with Crippen molar-refractivity contribution in [1.82, 2.24) is 0 Å². The molecule has 0 aromatic carbocycles. The lowest BCUT2D eigenvalue weighted by molar-refractivity contribution is -0.151. The van der Waals surface area contributed by atoms with Gasteiger partial charge in [0.1, 0.15) is 0 Å². The zero-order valence-corrected chi connectivity index (χ0v) is 9.48. The Hall–Kier alpha value is -0.830. The van der Waals surface area contributed by atoms with Gasteiger partial charge in [0.2, 0.25) is 0 Å². The molecule has 0 amide bonds. The summed E-state index contributed by atoms with van der Waals surface area (Å²) < 4.78 is 5.43. The van der Waals surface area contributed by atoms with E-state index in [0.29, 0.717) is 24.9 Å². The number of ether oxygens (including phenoxy) is 1. The van der Waals surface area contributed by atoms with E-state index in [9.17, 15) is 4.79 Å². The van der Waals surface area contributed by atoms with E-state index in [4.69, 9.17) is 9.84 Å². The van der Waals surface area contributed by atoms with Crippen molar-refractivity contribution in [1.29, 1.82) is 0 Å². The van der Waals surface area contributed by atoms with E-state index in [2.05, 4.69) is 19.1 Å². The normalized spacial score (nSPS) is 27.6. The van der Waals surface area contributed by atoms with Crippen LogP contribution < -0.4 is 0 Å². The number of carboxylic acids is 1. The second kappa shape index (κ2) is 5.91. The topological polar surface area (TPSA) is 46.5 Å². The van der Waals surface area contributed by atoms with Crippen LogP contribution >= 0.6 is 0 Å². The lowest BCUT2D eigenvalue weighted by atomic mass is 9.85. The second-order valence-corrected chi connectivity index (χ2v) is 4.25. The van der Waals surface area contributed by atoms with Gasteiger partial charge in [-0.05, 0) is 31.1 Å². The molecule has 3 atom stereocenters. The smallest absolute Gasteiger partial charge is 0.332 e. The molecule has 0 bridgehead atoms. The van der Waals surface area contributed by atoms with E-state index in [1.165, 1.54) is 0 Å². The summed E-state index contributed by atoms with van der Waals surface area (Å²) in [5.74, 6) is 0.223. The third-order valence-corrected chi connectivity index (χ3v) is 3.08. The van der Waals surface area contributed by atoms with Crippen LogP contribution in [0.5, 0.6) is 0 Å². The highest BCUT2D eigenvalue weighted by Gasteiger charge is 2.22. The number of hydrogen-bond donors (Lipinski definition) is 1. The van der Waals surface area contributed by atoms with Gasteiger partial charge in [0.15, 0.2) is 6.10 Å². The van der Waals surface area contributed by atoms with E-state index >= 15 is 0 Å². The van der Waals surface area contributed by atoms with Crippen LogP contribution in [0, 0.1) is 11.8 Å². The zero-order valence-electron chi connectivity index (χ0n) is 9.48. The molecule has 0 aromatic heterocycles. The lowest BCUT2D eigenvalue weighted by Crippen LogP contribution is -2.28. The van der Waals surface area contributed by atoms with Gasteiger partial charge in [-0.2, -0.15) is 0 Å². The van der Waals surface area contributed by atoms with Gasteiger partial charge < -0.3 is 9.84 Å². The predicted molar refractivity (Wildman–Crippen MR) is 58.7 cm³/mol. The minimum atomic E-state index is -0.850. The number of carbonyl (C=O) groups is 1. The Morgan fingerprint density at radius 3 is 2.73 bits per heavy atom. The van der Waals surface area contributed by atoms with Crippen molar-refractivity contribution in [3.8, 4) is 0 Å². The minimum absolute atomic E-state index is 0.475. The van der Waals surface area contributed by atoms with E-state index in [1.807, 2.05) is 6.92 Å². The standard InChI is InChI=1S/C12H20O3/c1-3-11(12(13)14)15-8-10-7-5-4-6-9(10)2/h4-5,9-11H,3,6-8H2,1-2H3,(H,13,14). The fourth-order valence-corrected chi connectivity index (χ4v) is 1.84. The molecule has 0 saturated carbocycles. The summed E-state index contributed by atoms with van der Waals surface area (Å²) in [5.41, 5.74) is 0. The molecule has 3 heteroatoms. The molecule has 0 heterocycles. The van der Waals surface area contributed by atoms with Crippen molar-refractivity contribution < 1.29 is 14.6 Å². The summed E-state index contributed by atoms with van der Waals surface area (Å²) in [6.07, 6.45) is 6.34. The third kappa shape index (κ3) is 3.67. The van der Waals surface area contributed by atoms with E-state index in [-0.39, 0.29) is 0 Å². The van der Waals surface area contributed by atoms with Gasteiger partial charge in [0.05, 0.1) is 6.61 Å². The Morgan fingerprint density at radius 2 is 2.20 bits per heavy atom. The monoisotopic (exact) mass is 212 g/mol. The van der Waals surface area contributed by atoms with Crippen LogP contribution in [-0.4, -0.2) is 23.8 Å². The maximum Gasteiger partial charge on any atom is 0.332 e. The SMILES string of the molecule is CCC(OCC1CC=CCC1C)C(=O)O. The molecule has 3 unspecified atom stereocenters. The van der Waals surface area contributed by atoms with Gasteiger partial charge in [0, 0.05) is 0 Å². The molecular weight excluding hydrogens is 192 g/mol. The van der Waals surface area contributed by atoms with Crippen molar-refractivity contribution in [2.24, 2.45) is 11.8 Å². The average molecular weight is 212 g/mol. The maximum absolute atomic E-state index is 10.7. The molecular formula is C12H20O3. The minimum Gasteiger partial charge on any atom is -0.479 e. The van der Waals surface area contributed by atoms with Gasteiger partial charge in [-0.15, -0.1) is 0 Å². The fraction of sp³-hybridized carbons (Fsp3) is 0.750. The molecule has 0 saturated heterocycles. The molecule has 86 valence electrons. The van der Waals surface area contributed by atoms with Crippen LogP contribution in [-0.2, 0) is 9.53 Å². The molecule has 1 aliphatic carbocycles. The molecule has 0 aromatic rings. The number of allylic oxidation sites excluding steroid dienone is 2. The largest absolute Gasteiger partial charge is 0.479 e. The molecule has 0 radical (unpaired) electrons. The molecule has 1 rings (SSSR count). The first-order valence-corrected chi connectivity index (χ1v) is 5.64. The van der Waals surface area contributed by atoms with Crippen LogP contribution in [0.3, 0.4) is 0 Å². The summed E-state index contributed by atoms with van der Waals surface area (Å²) in [6, 6.07) is 0. The van der Waals surface area contributed by atoms with E-state index in [1.54, 1.807) is 0 Å². The molecule has 1 aliphatic rings. The summed E-state index contributed by atoms with van der Waals surface area (Å²) in [6.45, 7) is 4.60. The highest BCUT2D eigenvalue weighted by Crippen LogP contribution is 2.25. The summed E-state index contributed by atoms with van der Waals surface area (Å²) in [5, 5.41) is 8.83. The average Bonchev–Trinajstić information content (AvgIpc) is 2.21. The first kappa shape index (κ1) is 12.2. The van der Waals surface area contributed by atoms with E-state index < -0.39 is 12.1 Å². The molecule has 0 aliphatic heterocycles. The Bertz CT molecular complexity index is 235. The lowest BCUT2D eigenvalue weighted by Gasteiger charge is -2.26. The molecule has 3 nitrogen and oxygen atoms in total. The summed E-state index contributed by atoms with van der Waals surface area (Å²) in [7, 11) is 0. The summed E-state index contributed by atoms with van der Waals surface area (Å²) in [4.78, 5) is 10.7. The van der Waals surface area contributed by atoms with Gasteiger partial charge >= 0.3 is 5.97 Å². The first-order chi connectivity index (χ1) is 7.15. The van der Waals surface area contributed by atoms with Gasteiger partial charge in [-0.1, -0.05) is 26.0 Å². The predicted octanol–water partition coefficient (Wildman–Crippen LogP) is 2.47. The number of aliphatic carboxylic acids is 1. The van der Waals surface area contributed by atoms with Gasteiger partial charge in [-0.25, -0.2) is 4.79 Å². The van der Waals surface area contributed by atoms with Gasteiger partial charge in [-0.3, -0.25) is 0 Å². The third-order valence-electron chi connectivity index (χ3n) is 3.08. The van der Waals surface area contributed by atoms with Crippen LogP contribution in [0.15, 0.2) is 12.2 Å². The molecule has 15 heavy (non-hydrogen) atoms. The Labute approximate surface area is 91.1 Å². The van der Waals surface area contributed by atoms with Crippen LogP contribution in [0.1, 0.15) is 33.1 Å². The first-order valence-electron chi connectivity index (χ1n) is 5.64. The van der Waals surface area contributed by atoms with Crippen molar-refractivity contribution >= 4 is 5.97 Å². The quantitative estimate of drug-likeness (QED) is 0.712. The molecule has 1 N–H and O–H groups in total. The number of hydrogen-bond acceptors (Lipinski definition) is 2. The van der Waals surface area contributed by atoms with Crippen LogP contribution in [0.25, 0.3) is 0 Å². The summed E-state index contributed by atoms with van der Waals surface area (Å²) >= 11 is 0. The Morgan fingerprint density at radius 1 is 1.53 bits per heavy atom. The van der Waals surface area contributed by atoms with E-state index in [0.717, 1.165) is 12.8 Å². The van der Waals surface area contributed by atoms with Crippen LogP contribution in [0.2, 0.25) is 0 Å². The van der Waals surface area contributed by atoms with Crippen molar-refractivity contribution in [2.75, 3.05) is 6.61 Å². The Kier molecular flexibility index (Phi) is 4.82. The van der Waals surface area contributed by atoms with Crippen molar-refractivity contribution in [2.45, 2.75) is 39.2 Å². The zero-order chi connectivity index (χ0) is 11.3. The molecule has 0 spiro atoms. The van der Waals surface area contributed by atoms with Crippen LogP contribution in [0.4, 0.5) is 0 Å². The maximum atomic E-state index is 10.7. The Balaban J connectivity index is 2.35. The highest BCUT2D eigenvalue weighted by atomic mass is 16.5. The second-order valence-electron chi connectivity index (χ2n) is 4.25. The van der Waals surface area contributed by atoms with Gasteiger partial charge in [0.25, 0.3) is 0 Å². The molecule has 0 fully saturated rings. The van der Waals surface area contributed by atoms with Crippen molar-refractivity contribution in [3.63, 3.8) is 0 Å². The van der Waals surface area contributed by atoms with Crippen molar-refractivity contribution in [3.05, 3.63) is 12.2 Å². The number of rotatable bonds is 5. The fourth-order valence-electron chi connectivity index (χ4n) is 1.84.